The van der Waals surface area contributed by atoms with Crippen molar-refractivity contribution in [1.29, 1.82) is 0 Å². The van der Waals surface area contributed by atoms with Crippen LogP contribution >= 0.6 is 34.8 Å². The van der Waals surface area contributed by atoms with Crippen molar-refractivity contribution in [2.24, 2.45) is 0 Å². The summed E-state index contributed by atoms with van der Waals surface area (Å²) < 4.78 is 9.11. The molecule has 1 atom stereocenters. The van der Waals surface area contributed by atoms with Crippen LogP contribution in [0.25, 0.3) is 11.4 Å². The Morgan fingerprint density at radius 3 is 2.21 bits per heavy atom. The van der Waals surface area contributed by atoms with Crippen molar-refractivity contribution in [3.8, 4) is 17.1 Å². The summed E-state index contributed by atoms with van der Waals surface area (Å²) in [5.41, 5.74) is 1.90. The van der Waals surface area contributed by atoms with Crippen molar-refractivity contribution in [3.63, 3.8) is 0 Å². The van der Waals surface area contributed by atoms with E-state index in [0.29, 0.717) is 17.2 Å². The minimum Gasteiger partial charge on any atom is -0.480 e. The van der Waals surface area contributed by atoms with Crippen molar-refractivity contribution >= 4 is 46.5 Å². The van der Waals surface area contributed by atoms with Gasteiger partial charge in [0.1, 0.15) is 11.4 Å². The molecule has 4 rings (SSSR count). The van der Waals surface area contributed by atoms with Crippen molar-refractivity contribution in [1.82, 2.24) is 19.3 Å². The van der Waals surface area contributed by atoms with E-state index in [1.165, 1.54) is 39.5 Å². The lowest BCUT2D eigenvalue weighted by atomic mass is 9.76. The molecule has 0 aliphatic heterocycles. The first-order valence-electron chi connectivity index (χ1n) is 14.3. The Kier molecular flexibility index (Phi) is 9.74. The first-order valence-corrected chi connectivity index (χ1v) is 15.5. The number of carbonyl (C=O) groups is 1. The SMILES string of the molecule is CCC(Oc1ccc(C(C)(C)CC)cc1C(C)(C)CC)C(=O)Nc1[nH]n(-c2c(Cl)cc(Cl)cc2Cl)c(=O)c1-n1ccnc1. The molecule has 0 saturated carbocycles. The van der Waals surface area contributed by atoms with Crippen molar-refractivity contribution in [3.05, 3.63) is 85.6 Å². The van der Waals surface area contributed by atoms with Gasteiger partial charge >= 0.3 is 0 Å². The first-order chi connectivity index (χ1) is 20.2. The molecular formula is C32H38Cl3N5O3. The number of hydrogen-bond donors (Lipinski definition) is 2. The molecule has 0 saturated heterocycles. The molecule has 0 spiro atoms. The summed E-state index contributed by atoms with van der Waals surface area (Å²) in [6.07, 6.45) is 6.01. The van der Waals surface area contributed by atoms with Gasteiger partial charge in [-0.25, -0.2) is 9.67 Å². The van der Waals surface area contributed by atoms with Gasteiger partial charge in [-0.15, -0.1) is 0 Å². The lowest BCUT2D eigenvalue weighted by Gasteiger charge is -2.31. The summed E-state index contributed by atoms with van der Waals surface area (Å²) in [4.78, 5) is 31.5. The quantitative estimate of drug-likeness (QED) is 0.171. The van der Waals surface area contributed by atoms with E-state index in [0.717, 1.165) is 18.4 Å². The predicted molar refractivity (Wildman–Crippen MR) is 175 cm³/mol. The predicted octanol–water partition coefficient (Wildman–Crippen LogP) is 8.48. The Hall–Kier alpha value is -3.20. The monoisotopic (exact) mass is 645 g/mol. The lowest BCUT2D eigenvalue weighted by molar-refractivity contribution is -0.122. The van der Waals surface area contributed by atoms with E-state index in [-0.39, 0.29) is 38.1 Å². The zero-order valence-corrected chi connectivity index (χ0v) is 27.8. The fourth-order valence-electron chi connectivity index (χ4n) is 4.71. The number of halogens is 3. The molecule has 2 aromatic carbocycles. The molecule has 1 amide bonds. The molecule has 4 aromatic rings. The fraction of sp³-hybridized carbons (Fsp3) is 0.406. The number of carbonyl (C=O) groups excluding carboxylic acids is 1. The van der Waals surface area contributed by atoms with Crippen LogP contribution in [0, 0.1) is 0 Å². The third-order valence-electron chi connectivity index (χ3n) is 8.27. The van der Waals surface area contributed by atoms with Crippen molar-refractivity contribution in [2.45, 2.75) is 84.7 Å². The first kappa shape index (κ1) is 32.7. The number of aromatic nitrogens is 4. The van der Waals surface area contributed by atoms with Crippen LogP contribution in [0.1, 0.15) is 78.9 Å². The Labute approximate surface area is 267 Å². The van der Waals surface area contributed by atoms with Gasteiger partial charge in [0.25, 0.3) is 11.5 Å². The number of hydrogen-bond acceptors (Lipinski definition) is 4. The number of aromatic amines is 1. The molecule has 0 aliphatic carbocycles. The minimum atomic E-state index is -0.846. The second-order valence-corrected chi connectivity index (χ2v) is 13.1. The minimum absolute atomic E-state index is 0.00271. The van der Waals surface area contributed by atoms with Crippen molar-refractivity contribution < 1.29 is 9.53 Å². The van der Waals surface area contributed by atoms with Crippen LogP contribution < -0.4 is 15.6 Å². The van der Waals surface area contributed by atoms with Gasteiger partial charge in [-0.2, -0.15) is 0 Å². The number of rotatable bonds is 11. The number of ether oxygens (including phenoxy) is 1. The molecule has 8 nitrogen and oxygen atoms in total. The highest BCUT2D eigenvalue weighted by Crippen LogP contribution is 2.39. The highest BCUT2D eigenvalue weighted by Gasteiger charge is 2.30. The second kappa shape index (κ2) is 12.8. The fourth-order valence-corrected chi connectivity index (χ4v) is 5.69. The zero-order chi connectivity index (χ0) is 31.7. The van der Waals surface area contributed by atoms with Gasteiger partial charge in [-0.3, -0.25) is 19.3 Å². The van der Waals surface area contributed by atoms with Gasteiger partial charge in [0.15, 0.2) is 17.6 Å². The Morgan fingerprint density at radius 2 is 1.65 bits per heavy atom. The Morgan fingerprint density at radius 1 is 1.00 bits per heavy atom. The summed E-state index contributed by atoms with van der Waals surface area (Å²) in [6, 6.07) is 9.22. The van der Waals surface area contributed by atoms with Crippen LogP contribution in [-0.2, 0) is 15.6 Å². The third-order valence-corrected chi connectivity index (χ3v) is 9.07. The summed E-state index contributed by atoms with van der Waals surface area (Å²) >= 11 is 19.0. The number of benzene rings is 2. The molecule has 0 fully saturated rings. The van der Waals surface area contributed by atoms with Gasteiger partial charge in [-0.05, 0) is 53.9 Å². The molecule has 1 unspecified atom stereocenters. The largest absolute Gasteiger partial charge is 0.480 e. The standard InChI is InChI=1S/C32H38Cl3N5O3/c1-8-24(43-25-12-11-19(31(4,5)9-2)15-21(25)32(6,7)10-3)29(41)37-28-27(39-14-13-36-18-39)30(42)40(38-28)26-22(34)16-20(33)17-23(26)35/h11-18,24,38H,8-10H2,1-7H3,(H,37,41). The zero-order valence-electron chi connectivity index (χ0n) is 25.5. The molecule has 0 radical (unpaired) electrons. The molecule has 230 valence electrons. The molecule has 0 bridgehead atoms. The third kappa shape index (κ3) is 6.66. The number of amides is 1. The van der Waals surface area contributed by atoms with Crippen LogP contribution in [0.2, 0.25) is 15.1 Å². The van der Waals surface area contributed by atoms with E-state index in [2.05, 4.69) is 69.1 Å². The topological polar surface area (TPSA) is 93.9 Å². The maximum atomic E-state index is 13.7. The molecule has 2 heterocycles. The van der Waals surface area contributed by atoms with Crippen LogP contribution in [0.15, 0.2) is 53.8 Å². The van der Waals surface area contributed by atoms with E-state index in [9.17, 15) is 9.59 Å². The van der Waals surface area contributed by atoms with Gasteiger partial charge in [0.2, 0.25) is 0 Å². The molecule has 11 heteroatoms. The number of H-pyrrole nitrogens is 1. The highest BCUT2D eigenvalue weighted by atomic mass is 35.5. The van der Waals surface area contributed by atoms with Crippen molar-refractivity contribution in [2.75, 3.05) is 5.32 Å². The number of anilines is 1. The van der Waals surface area contributed by atoms with Gasteiger partial charge in [0, 0.05) is 23.0 Å². The smallest absolute Gasteiger partial charge is 0.297 e. The lowest BCUT2D eigenvalue weighted by Crippen LogP contribution is -2.34. The summed E-state index contributed by atoms with van der Waals surface area (Å²) in [7, 11) is 0. The normalized spacial score (nSPS) is 12.8. The van der Waals surface area contributed by atoms with Gasteiger partial charge in [0.05, 0.1) is 16.4 Å². The highest BCUT2D eigenvalue weighted by molar-refractivity contribution is 6.40. The molecule has 2 aromatic heterocycles. The average Bonchev–Trinajstić information content (AvgIpc) is 3.59. The van der Waals surface area contributed by atoms with Crippen LogP contribution in [0.3, 0.4) is 0 Å². The maximum absolute atomic E-state index is 13.7. The molecule has 43 heavy (non-hydrogen) atoms. The van der Waals surface area contributed by atoms with Crippen LogP contribution in [0.4, 0.5) is 5.82 Å². The molecule has 2 N–H and O–H groups in total. The summed E-state index contributed by atoms with van der Waals surface area (Å²) in [5.74, 6) is 0.361. The number of nitrogens with zero attached hydrogens (tertiary/aromatic N) is 3. The summed E-state index contributed by atoms with van der Waals surface area (Å²) in [5, 5.41) is 6.47. The Balaban J connectivity index is 1.73. The van der Waals surface area contributed by atoms with E-state index in [1.807, 2.05) is 13.0 Å². The van der Waals surface area contributed by atoms with Gasteiger partial charge in [-0.1, -0.05) is 95.4 Å². The average molecular weight is 647 g/mol. The van der Waals surface area contributed by atoms with Gasteiger partial charge < -0.3 is 10.1 Å². The van der Waals surface area contributed by atoms with E-state index < -0.39 is 17.6 Å². The van der Waals surface area contributed by atoms with E-state index in [4.69, 9.17) is 39.5 Å². The maximum Gasteiger partial charge on any atom is 0.297 e. The molecule has 0 aliphatic rings. The Bertz CT molecular complexity index is 1650. The van der Waals surface area contributed by atoms with E-state index in [1.54, 1.807) is 6.20 Å². The summed E-state index contributed by atoms with van der Waals surface area (Å²) in [6.45, 7) is 15.0. The van der Waals surface area contributed by atoms with Crippen LogP contribution in [-0.4, -0.2) is 31.3 Å². The number of imidazole rings is 1. The van der Waals surface area contributed by atoms with E-state index >= 15 is 0 Å². The van der Waals surface area contributed by atoms with Crippen LogP contribution in [0.5, 0.6) is 5.75 Å². The second-order valence-electron chi connectivity index (χ2n) is 11.9. The molecular weight excluding hydrogens is 609 g/mol. The number of nitrogens with one attached hydrogen (secondary N) is 2.